The van der Waals surface area contributed by atoms with Crippen molar-refractivity contribution in [2.24, 2.45) is 0 Å². The Kier molecular flexibility index (Phi) is 2.74. The number of carbonyl (C=O) groups is 1. The molecule has 1 saturated heterocycles. The van der Waals surface area contributed by atoms with Gasteiger partial charge in [-0.15, -0.1) is 0 Å². The fourth-order valence-corrected chi connectivity index (χ4v) is 3.10. The minimum absolute atomic E-state index is 0.460. The van der Waals surface area contributed by atoms with E-state index in [0.717, 1.165) is 6.92 Å². The Labute approximate surface area is 80.1 Å². The minimum Gasteiger partial charge on any atom is -0.454 e. The van der Waals surface area contributed by atoms with Gasteiger partial charge >= 0.3 is 5.97 Å². The molecule has 0 bridgehead atoms. The normalized spacial score (nSPS) is 29.8. The van der Waals surface area contributed by atoms with E-state index in [2.05, 4.69) is 4.74 Å². The Bertz CT molecular complexity index is 361. The molecular formula is C6H9NO6S. The van der Waals surface area contributed by atoms with Gasteiger partial charge in [0.05, 0.1) is 5.75 Å². The number of carbonyl (C=O) groups excluding carboxylic acids is 1. The molecule has 0 aromatic heterocycles. The highest BCUT2D eigenvalue weighted by Crippen LogP contribution is 2.18. The zero-order valence-corrected chi connectivity index (χ0v) is 8.19. The molecule has 0 radical (unpaired) electrons. The van der Waals surface area contributed by atoms with Crippen LogP contribution in [0.25, 0.3) is 0 Å². The molecule has 0 N–H and O–H groups in total. The molecule has 0 spiro atoms. The number of sulfone groups is 1. The molecule has 14 heavy (non-hydrogen) atoms. The second-order valence-corrected chi connectivity index (χ2v) is 5.23. The van der Waals surface area contributed by atoms with Crippen LogP contribution < -0.4 is 0 Å². The summed E-state index contributed by atoms with van der Waals surface area (Å²) in [6.07, 6.45) is -1.15. The molecule has 1 fully saturated rings. The molecule has 8 heteroatoms. The lowest BCUT2D eigenvalue weighted by atomic mass is 10.2. The number of ether oxygens (including phenoxy) is 1. The lowest BCUT2D eigenvalue weighted by molar-refractivity contribution is -0.525. The first kappa shape index (κ1) is 10.9. The fraction of sp³-hybridized carbons (Fsp3) is 0.833. The van der Waals surface area contributed by atoms with E-state index >= 15 is 0 Å². The van der Waals surface area contributed by atoms with Crippen LogP contribution in [0.2, 0.25) is 0 Å². The Balaban J connectivity index is 2.83. The average molecular weight is 223 g/mol. The SMILES string of the molecule is CC(=O)O[C@@H]1CS(=O)(=O)C[C@H]1[N+](=O)[O-]. The predicted octanol–water partition coefficient (Wildman–Crippen LogP) is -1.01. The largest absolute Gasteiger partial charge is 0.454 e. The quantitative estimate of drug-likeness (QED) is 0.337. The summed E-state index contributed by atoms with van der Waals surface area (Å²) < 4.78 is 26.6. The number of rotatable bonds is 2. The molecular weight excluding hydrogens is 214 g/mol. The van der Waals surface area contributed by atoms with Gasteiger partial charge < -0.3 is 4.74 Å². The minimum atomic E-state index is -3.45. The number of esters is 1. The van der Waals surface area contributed by atoms with Gasteiger partial charge in [-0.3, -0.25) is 14.9 Å². The van der Waals surface area contributed by atoms with Crippen molar-refractivity contribution in [3.05, 3.63) is 10.1 Å². The summed E-state index contributed by atoms with van der Waals surface area (Å²) in [5.41, 5.74) is 0. The third-order valence-electron chi connectivity index (χ3n) is 1.86. The molecule has 0 saturated carbocycles. The second-order valence-electron chi connectivity index (χ2n) is 3.08. The first-order valence-corrected chi connectivity index (χ1v) is 5.65. The van der Waals surface area contributed by atoms with Crippen LogP contribution in [0.4, 0.5) is 0 Å². The van der Waals surface area contributed by atoms with Gasteiger partial charge in [0.2, 0.25) is 0 Å². The van der Waals surface area contributed by atoms with Crippen LogP contribution in [-0.2, 0) is 19.4 Å². The van der Waals surface area contributed by atoms with Crippen molar-refractivity contribution in [1.82, 2.24) is 0 Å². The van der Waals surface area contributed by atoms with Crippen LogP contribution in [0.15, 0.2) is 0 Å². The van der Waals surface area contributed by atoms with Crippen LogP contribution in [0.5, 0.6) is 0 Å². The summed E-state index contributed by atoms with van der Waals surface area (Å²) >= 11 is 0. The molecule has 0 aliphatic carbocycles. The first-order valence-electron chi connectivity index (χ1n) is 3.83. The van der Waals surface area contributed by atoms with Gasteiger partial charge in [0.15, 0.2) is 15.9 Å². The van der Waals surface area contributed by atoms with E-state index in [1.54, 1.807) is 0 Å². The molecule has 2 atom stereocenters. The van der Waals surface area contributed by atoms with E-state index in [1.807, 2.05) is 0 Å². The van der Waals surface area contributed by atoms with E-state index < -0.39 is 44.4 Å². The molecule has 80 valence electrons. The standard InChI is InChI=1S/C6H9NO6S/c1-4(8)13-6-3-14(11,12)2-5(6)7(9)10/h5-6H,2-3H2,1H3/t5-,6-/m1/s1. The van der Waals surface area contributed by atoms with E-state index in [4.69, 9.17) is 0 Å². The second kappa shape index (κ2) is 3.52. The zero-order valence-electron chi connectivity index (χ0n) is 7.37. The summed E-state index contributed by atoms with van der Waals surface area (Å²) in [5, 5.41) is 10.4. The maximum absolute atomic E-state index is 11.0. The maximum Gasteiger partial charge on any atom is 0.303 e. The van der Waals surface area contributed by atoms with Gasteiger partial charge in [-0.05, 0) is 0 Å². The van der Waals surface area contributed by atoms with Crippen molar-refractivity contribution in [3.8, 4) is 0 Å². The highest BCUT2D eigenvalue weighted by molar-refractivity contribution is 7.91. The summed E-state index contributed by atoms with van der Waals surface area (Å²) in [7, 11) is -3.45. The van der Waals surface area contributed by atoms with E-state index in [1.165, 1.54) is 0 Å². The van der Waals surface area contributed by atoms with Crippen LogP contribution in [-0.4, -0.2) is 43.0 Å². The summed E-state index contributed by atoms with van der Waals surface area (Å²) in [4.78, 5) is 20.2. The lowest BCUT2D eigenvalue weighted by Gasteiger charge is -2.10. The highest BCUT2D eigenvalue weighted by atomic mass is 32.2. The zero-order chi connectivity index (χ0) is 10.9. The molecule has 0 aromatic carbocycles. The fourth-order valence-electron chi connectivity index (χ4n) is 1.32. The molecule has 7 nitrogen and oxygen atoms in total. The van der Waals surface area contributed by atoms with Crippen molar-refractivity contribution in [1.29, 1.82) is 0 Å². The first-order chi connectivity index (χ1) is 6.32. The van der Waals surface area contributed by atoms with Crippen molar-refractivity contribution in [3.63, 3.8) is 0 Å². The molecule has 1 aliphatic heterocycles. The van der Waals surface area contributed by atoms with Crippen molar-refractivity contribution < 1.29 is 22.9 Å². The number of nitro groups is 1. The summed E-state index contributed by atoms with van der Waals surface area (Å²) in [6.45, 7) is 1.09. The highest BCUT2D eigenvalue weighted by Gasteiger charge is 2.47. The van der Waals surface area contributed by atoms with Crippen molar-refractivity contribution >= 4 is 15.8 Å². The van der Waals surface area contributed by atoms with Gasteiger partial charge in [-0.25, -0.2) is 8.42 Å². The average Bonchev–Trinajstić information content (AvgIpc) is 2.24. The van der Waals surface area contributed by atoms with Crippen LogP contribution in [0, 0.1) is 10.1 Å². The van der Waals surface area contributed by atoms with Gasteiger partial charge in [0, 0.05) is 11.8 Å². The third-order valence-corrected chi connectivity index (χ3v) is 3.55. The Morgan fingerprint density at radius 2 is 2.07 bits per heavy atom. The lowest BCUT2D eigenvalue weighted by Crippen LogP contribution is -2.35. The molecule has 1 rings (SSSR count). The molecule has 0 unspecified atom stereocenters. The van der Waals surface area contributed by atoms with E-state index in [0.29, 0.717) is 0 Å². The maximum atomic E-state index is 11.0. The molecule has 1 aliphatic rings. The number of nitrogens with zero attached hydrogens (tertiary/aromatic N) is 1. The third kappa shape index (κ3) is 2.41. The summed E-state index contributed by atoms with van der Waals surface area (Å²) in [5.74, 6) is -1.73. The van der Waals surface area contributed by atoms with Crippen molar-refractivity contribution in [2.45, 2.75) is 19.1 Å². The number of hydrogen-bond donors (Lipinski definition) is 0. The van der Waals surface area contributed by atoms with Crippen LogP contribution in [0.3, 0.4) is 0 Å². The Morgan fingerprint density at radius 3 is 2.50 bits per heavy atom. The van der Waals surface area contributed by atoms with Gasteiger partial charge in [0.1, 0.15) is 5.75 Å². The smallest absolute Gasteiger partial charge is 0.303 e. The Morgan fingerprint density at radius 1 is 1.50 bits per heavy atom. The van der Waals surface area contributed by atoms with Gasteiger partial charge in [0.25, 0.3) is 6.04 Å². The monoisotopic (exact) mass is 223 g/mol. The molecule has 0 aromatic rings. The van der Waals surface area contributed by atoms with Crippen LogP contribution in [0.1, 0.15) is 6.92 Å². The van der Waals surface area contributed by atoms with Gasteiger partial charge in [-0.2, -0.15) is 0 Å². The summed E-state index contributed by atoms with van der Waals surface area (Å²) in [6, 6.07) is -1.33. The predicted molar refractivity (Wildman–Crippen MR) is 45.0 cm³/mol. The molecule has 1 heterocycles. The van der Waals surface area contributed by atoms with E-state index in [9.17, 15) is 23.3 Å². The topological polar surface area (TPSA) is 104 Å². The van der Waals surface area contributed by atoms with Gasteiger partial charge in [-0.1, -0.05) is 0 Å². The number of hydrogen-bond acceptors (Lipinski definition) is 6. The molecule has 0 amide bonds. The van der Waals surface area contributed by atoms with Crippen LogP contribution >= 0.6 is 0 Å². The van der Waals surface area contributed by atoms with E-state index in [-0.39, 0.29) is 0 Å². The van der Waals surface area contributed by atoms with Crippen molar-refractivity contribution in [2.75, 3.05) is 11.5 Å². The Hall–Kier alpha value is -1.18.